The average molecular weight is 492 g/mol. The number of thioether (sulfide) groups is 1. The summed E-state index contributed by atoms with van der Waals surface area (Å²) in [4.78, 5) is 32.0. The fraction of sp³-hybridized carbons (Fsp3) is 0.308. The van der Waals surface area contributed by atoms with Crippen LogP contribution in [0.5, 0.6) is 0 Å². The van der Waals surface area contributed by atoms with Crippen LogP contribution in [0.1, 0.15) is 38.2 Å². The zero-order valence-corrected chi connectivity index (χ0v) is 20.4. The molecule has 182 valence electrons. The Labute approximate surface area is 209 Å². The molecular weight excluding hydrogens is 462 g/mol. The van der Waals surface area contributed by atoms with Crippen molar-refractivity contribution < 1.29 is 14.0 Å². The van der Waals surface area contributed by atoms with Gasteiger partial charge in [0.2, 0.25) is 5.96 Å². The highest BCUT2D eigenvalue weighted by molar-refractivity contribution is 8.18. The number of allylic oxidation sites excluding steroid dienone is 2. The number of hydrogen-bond acceptors (Lipinski definition) is 6. The first-order valence-electron chi connectivity index (χ1n) is 11.6. The van der Waals surface area contributed by atoms with Gasteiger partial charge in [-0.2, -0.15) is 0 Å². The number of hydrogen-bond donors (Lipinski definition) is 3. The first-order valence-corrected chi connectivity index (χ1v) is 12.4. The van der Waals surface area contributed by atoms with Crippen molar-refractivity contribution in [3.05, 3.63) is 71.0 Å². The van der Waals surface area contributed by atoms with E-state index in [-0.39, 0.29) is 11.3 Å². The summed E-state index contributed by atoms with van der Waals surface area (Å²) >= 11 is 0.864. The van der Waals surface area contributed by atoms with E-state index in [2.05, 4.69) is 56.9 Å². The third kappa shape index (κ3) is 6.80. The molecule has 4 rings (SSSR count). The number of furan rings is 1. The molecule has 1 aliphatic carbocycles. The molecule has 2 heterocycles. The molecule has 2 aliphatic rings. The van der Waals surface area contributed by atoms with Crippen molar-refractivity contribution in [1.82, 2.24) is 16.0 Å². The zero-order chi connectivity index (χ0) is 24.6. The van der Waals surface area contributed by atoms with Crippen molar-refractivity contribution in [2.75, 3.05) is 0 Å². The summed E-state index contributed by atoms with van der Waals surface area (Å²) in [5.74, 6) is 0.882. The van der Waals surface area contributed by atoms with Crippen LogP contribution in [0.15, 0.2) is 79.8 Å². The number of nitrogens with one attached hydrogen (secondary N) is 3. The van der Waals surface area contributed by atoms with Crippen LogP contribution in [0.2, 0.25) is 0 Å². The molecule has 2 amide bonds. The average Bonchev–Trinajstić information content (AvgIpc) is 3.52. The van der Waals surface area contributed by atoms with Crippen LogP contribution in [0.3, 0.4) is 0 Å². The molecule has 1 aromatic carbocycles. The van der Waals surface area contributed by atoms with Gasteiger partial charge in [-0.25, -0.2) is 9.98 Å². The van der Waals surface area contributed by atoms with Gasteiger partial charge < -0.3 is 15.1 Å². The number of aliphatic imine (C=N–C) groups is 2. The van der Waals surface area contributed by atoms with Crippen LogP contribution in [-0.4, -0.2) is 35.9 Å². The molecule has 8 nitrogen and oxygen atoms in total. The quantitative estimate of drug-likeness (QED) is 0.293. The summed E-state index contributed by atoms with van der Waals surface area (Å²) in [6, 6.07) is 13.0. The molecule has 9 heteroatoms. The number of benzene rings is 1. The minimum Gasteiger partial charge on any atom is -0.464 e. The third-order valence-corrected chi connectivity index (χ3v) is 6.80. The Bertz CT molecular complexity index is 1160. The lowest BCUT2D eigenvalue weighted by Crippen LogP contribution is -2.41. The van der Waals surface area contributed by atoms with Gasteiger partial charge in [-0.3, -0.25) is 14.9 Å². The number of carbonyl (C=O) groups excluding carboxylic acids is 2. The largest absolute Gasteiger partial charge is 0.464 e. The molecule has 1 saturated carbocycles. The number of nitrogens with zero attached hydrogens (tertiary/aromatic N) is 2. The van der Waals surface area contributed by atoms with Crippen molar-refractivity contribution in [3.63, 3.8) is 0 Å². The van der Waals surface area contributed by atoms with Gasteiger partial charge in [0, 0.05) is 24.2 Å². The van der Waals surface area contributed by atoms with Gasteiger partial charge in [-0.05, 0) is 80.9 Å². The van der Waals surface area contributed by atoms with E-state index < -0.39 is 5.91 Å². The van der Waals surface area contributed by atoms with Crippen LogP contribution in [-0.2, 0) is 11.3 Å². The lowest BCUT2D eigenvalue weighted by molar-refractivity contribution is -0.115. The standard InChI is InChI=1S/C26H29N5O3S/c1-3-19(15-23-24(32)31-26(33)35-23)29-25(27-2)30-21-11-9-20(10-12-21)28-16-17-6-4-7-18(14-17)22-8-5-13-34-22/h3-8,13-15,20-21,28H,2,9-12,16H2,1H3,(H,29,30)(H,31,32,33)/b19-3-,23-15-/t20-,21-. The molecule has 2 aromatic rings. The molecule has 1 aromatic heterocycles. The number of guanidine groups is 1. The van der Waals surface area contributed by atoms with E-state index >= 15 is 0 Å². The maximum Gasteiger partial charge on any atom is 0.290 e. The first-order chi connectivity index (χ1) is 17.0. The minimum absolute atomic E-state index is 0.246. The normalized spacial score (nSPS) is 22.4. The summed E-state index contributed by atoms with van der Waals surface area (Å²) in [6.07, 6.45) is 9.09. The third-order valence-electron chi connectivity index (χ3n) is 5.99. The van der Waals surface area contributed by atoms with Crippen LogP contribution < -0.4 is 16.0 Å². The van der Waals surface area contributed by atoms with Gasteiger partial charge in [0.25, 0.3) is 11.1 Å². The fourth-order valence-electron chi connectivity index (χ4n) is 4.14. The number of carbonyl (C=O) groups is 2. The van der Waals surface area contributed by atoms with E-state index in [0.717, 1.165) is 55.3 Å². The summed E-state index contributed by atoms with van der Waals surface area (Å²) in [6.45, 7) is 6.26. The molecule has 1 aliphatic heterocycles. The highest BCUT2D eigenvalue weighted by Crippen LogP contribution is 2.25. The Hall–Kier alpha value is -3.43. The maximum atomic E-state index is 11.8. The van der Waals surface area contributed by atoms with E-state index in [4.69, 9.17) is 4.42 Å². The molecule has 0 unspecified atom stereocenters. The van der Waals surface area contributed by atoms with E-state index in [0.29, 0.717) is 22.6 Å². The molecule has 3 N–H and O–H groups in total. The number of imide groups is 1. The van der Waals surface area contributed by atoms with Crippen molar-refractivity contribution in [2.45, 2.75) is 51.2 Å². The summed E-state index contributed by atoms with van der Waals surface area (Å²) in [5.41, 5.74) is 2.86. The van der Waals surface area contributed by atoms with Crippen LogP contribution >= 0.6 is 11.8 Å². The highest BCUT2D eigenvalue weighted by atomic mass is 32.2. The molecule has 35 heavy (non-hydrogen) atoms. The lowest BCUT2D eigenvalue weighted by Gasteiger charge is -2.30. The molecule has 1 saturated heterocycles. The van der Waals surface area contributed by atoms with Crippen molar-refractivity contribution >= 4 is 35.6 Å². The van der Waals surface area contributed by atoms with Gasteiger partial charge in [0.05, 0.1) is 16.9 Å². The monoisotopic (exact) mass is 491 g/mol. The minimum atomic E-state index is -0.408. The van der Waals surface area contributed by atoms with Gasteiger partial charge in [-0.15, -0.1) is 0 Å². The maximum absolute atomic E-state index is 11.8. The molecule has 0 atom stereocenters. The second-order valence-corrected chi connectivity index (χ2v) is 9.43. The Morgan fingerprint density at radius 1 is 1.20 bits per heavy atom. The fourth-order valence-corrected chi connectivity index (χ4v) is 4.80. The van der Waals surface area contributed by atoms with Gasteiger partial charge in [0.15, 0.2) is 0 Å². The van der Waals surface area contributed by atoms with Crippen molar-refractivity contribution in [3.8, 4) is 11.3 Å². The summed E-state index contributed by atoms with van der Waals surface area (Å²) in [7, 11) is 0. The summed E-state index contributed by atoms with van der Waals surface area (Å²) in [5, 5.41) is 8.91. The Balaban J connectivity index is 1.27. The smallest absolute Gasteiger partial charge is 0.290 e. The topological polar surface area (TPSA) is 108 Å². The molecular formula is C26H29N5O3S. The molecule has 0 spiro atoms. The number of amides is 2. The van der Waals surface area contributed by atoms with E-state index in [1.165, 1.54) is 5.56 Å². The van der Waals surface area contributed by atoms with E-state index in [1.54, 1.807) is 18.4 Å². The molecule has 0 radical (unpaired) electrons. The van der Waals surface area contributed by atoms with Crippen molar-refractivity contribution in [2.24, 2.45) is 9.98 Å². The van der Waals surface area contributed by atoms with Gasteiger partial charge in [0.1, 0.15) is 5.76 Å². The predicted octanol–water partition coefficient (Wildman–Crippen LogP) is 4.76. The van der Waals surface area contributed by atoms with Crippen LogP contribution in [0.25, 0.3) is 11.3 Å². The van der Waals surface area contributed by atoms with Crippen LogP contribution in [0, 0.1) is 0 Å². The Morgan fingerprint density at radius 3 is 2.66 bits per heavy atom. The van der Waals surface area contributed by atoms with E-state index in [1.807, 2.05) is 19.1 Å². The lowest BCUT2D eigenvalue weighted by atomic mass is 9.91. The highest BCUT2D eigenvalue weighted by Gasteiger charge is 2.25. The summed E-state index contributed by atoms with van der Waals surface area (Å²) < 4.78 is 5.51. The van der Waals surface area contributed by atoms with Gasteiger partial charge in [-0.1, -0.05) is 24.3 Å². The Kier molecular flexibility index (Phi) is 8.33. The second-order valence-electron chi connectivity index (χ2n) is 8.41. The molecule has 0 bridgehead atoms. The Morgan fingerprint density at radius 2 is 2.00 bits per heavy atom. The van der Waals surface area contributed by atoms with E-state index in [9.17, 15) is 9.59 Å². The second kappa shape index (κ2) is 11.8. The van der Waals surface area contributed by atoms with Gasteiger partial charge >= 0.3 is 0 Å². The van der Waals surface area contributed by atoms with Crippen LogP contribution in [0.4, 0.5) is 4.79 Å². The SMILES string of the molecule is C=N\C(=N/C(=C\C)/C=C1\SC(=O)NC1=O)N[C@H]1CC[C@H](NCc2cccc(-c3ccco3)c2)CC1. The zero-order valence-electron chi connectivity index (χ0n) is 19.6. The van der Waals surface area contributed by atoms with Crippen molar-refractivity contribution in [1.29, 1.82) is 0 Å². The molecule has 2 fully saturated rings. The first kappa shape index (κ1) is 24.7. The number of rotatable bonds is 7. The predicted molar refractivity (Wildman–Crippen MR) is 140 cm³/mol.